The van der Waals surface area contributed by atoms with E-state index in [1.54, 1.807) is 0 Å². The summed E-state index contributed by atoms with van der Waals surface area (Å²) in [5, 5.41) is 3.10. The molecule has 0 bridgehead atoms. The number of carbonyl (C=O) groups excluding carboxylic acids is 2. The van der Waals surface area contributed by atoms with Gasteiger partial charge in [0, 0.05) is 31.2 Å². The second-order valence-electron chi connectivity index (χ2n) is 7.72. The molecule has 0 unspecified atom stereocenters. The van der Waals surface area contributed by atoms with Crippen LogP contribution in [-0.4, -0.2) is 35.8 Å². The number of nitrogens with one attached hydrogen (secondary N) is 1. The molecular formula is C22H23N3O2. The summed E-state index contributed by atoms with van der Waals surface area (Å²) in [5.41, 5.74) is 4.37. The molecule has 1 aliphatic carbocycles. The van der Waals surface area contributed by atoms with Crippen molar-refractivity contribution in [3.63, 3.8) is 0 Å². The van der Waals surface area contributed by atoms with E-state index in [4.69, 9.17) is 0 Å². The van der Waals surface area contributed by atoms with Crippen molar-refractivity contribution in [3.8, 4) is 0 Å². The fourth-order valence-electron chi connectivity index (χ4n) is 4.28. The summed E-state index contributed by atoms with van der Waals surface area (Å²) in [4.78, 5) is 29.2. The number of anilines is 3. The lowest BCUT2D eigenvalue weighted by Crippen LogP contribution is -2.30. The Balaban J connectivity index is 1.36. The molecule has 27 heavy (non-hydrogen) atoms. The number of amides is 2. The van der Waals surface area contributed by atoms with Crippen LogP contribution in [0.15, 0.2) is 48.5 Å². The van der Waals surface area contributed by atoms with Gasteiger partial charge in [-0.05, 0) is 43.0 Å². The Hall–Kier alpha value is -2.82. The van der Waals surface area contributed by atoms with E-state index < -0.39 is 0 Å². The lowest BCUT2D eigenvalue weighted by atomic mass is 10.1. The van der Waals surface area contributed by atoms with Gasteiger partial charge in [-0.1, -0.05) is 30.3 Å². The maximum atomic E-state index is 12.9. The average Bonchev–Trinajstić information content (AvgIpc) is 3.32. The van der Waals surface area contributed by atoms with Gasteiger partial charge in [-0.3, -0.25) is 9.59 Å². The normalized spacial score (nSPS) is 21.5. The number of fused-ring (bicyclic) bond motifs is 1. The minimum absolute atomic E-state index is 0.0496. The number of hydrogen-bond donors (Lipinski definition) is 1. The van der Waals surface area contributed by atoms with Crippen LogP contribution < -0.4 is 10.2 Å². The molecule has 0 spiro atoms. The fourth-order valence-corrected chi connectivity index (χ4v) is 4.28. The van der Waals surface area contributed by atoms with Gasteiger partial charge in [-0.15, -0.1) is 0 Å². The Labute approximate surface area is 159 Å². The molecule has 138 valence electrons. The minimum atomic E-state index is -0.253. The van der Waals surface area contributed by atoms with Crippen molar-refractivity contribution >= 4 is 28.9 Å². The van der Waals surface area contributed by atoms with Crippen molar-refractivity contribution < 1.29 is 9.59 Å². The van der Waals surface area contributed by atoms with E-state index in [1.807, 2.05) is 29.2 Å². The van der Waals surface area contributed by atoms with Gasteiger partial charge in [0.05, 0.1) is 17.3 Å². The number of nitrogens with zero attached hydrogens (tertiary/aromatic N) is 2. The van der Waals surface area contributed by atoms with Gasteiger partial charge in [-0.25, -0.2) is 0 Å². The molecule has 0 radical (unpaired) electrons. The van der Waals surface area contributed by atoms with Crippen LogP contribution in [0, 0.1) is 5.92 Å². The first-order valence-corrected chi connectivity index (χ1v) is 9.75. The Morgan fingerprint density at radius 3 is 2.56 bits per heavy atom. The number of likely N-dealkylation sites (tertiary alicyclic amines) is 1. The molecule has 5 rings (SSSR count). The van der Waals surface area contributed by atoms with E-state index in [0.29, 0.717) is 19.0 Å². The van der Waals surface area contributed by atoms with Crippen molar-refractivity contribution in [2.75, 3.05) is 23.3 Å². The van der Waals surface area contributed by atoms with E-state index in [2.05, 4.69) is 34.5 Å². The van der Waals surface area contributed by atoms with Crippen molar-refractivity contribution in [2.24, 2.45) is 5.92 Å². The zero-order chi connectivity index (χ0) is 18.4. The second kappa shape index (κ2) is 6.41. The van der Waals surface area contributed by atoms with Crippen LogP contribution in [0.5, 0.6) is 0 Å². The highest BCUT2D eigenvalue weighted by molar-refractivity contribution is 6.00. The van der Waals surface area contributed by atoms with Gasteiger partial charge >= 0.3 is 0 Å². The monoisotopic (exact) mass is 361 g/mol. The molecule has 2 fully saturated rings. The topological polar surface area (TPSA) is 52.7 Å². The molecule has 1 saturated carbocycles. The Morgan fingerprint density at radius 2 is 1.74 bits per heavy atom. The second-order valence-corrected chi connectivity index (χ2v) is 7.72. The molecule has 2 amide bonds. The van der Waals surface area contributed by atoms with Crippen LogP contribution in [0.2, 0.25) is 0 Å². The zero-order valence-electron chi connectivity index (χ0n) is 15.2. The van der Waals surface area contributed by atoms with Gasteiger partial charge in [0.1, 0.15) is 0 Å². The maximum Gasteiger partial charge on any atom is 0.229 e. The Kier molecular flexibility index (Phi) is 3.88. The van der Waals surface area contributed by atoms with Gasteiger partial charge in [0.25, 0.3) is 0 Å². The van der Waals surface area contributed by atoms with Gasteiger partial charge in [0.15, 0.2) is 0 Å². The molecule has 0 aromatic heterocycles. The summed E-state index contributed by atoms with van der Waals surface area (Å²) in [5.74, 6) is -0.178. The molecule has 3 aliphatic rings. The van der Waals surface area contributed by atoms with E-state index in [0.717, 1.165) is 37.2 Å². The van der Waals surface area contributed by atoms with Crippen molar-refractivity contribution in [1.82, 2.24) is 4.90 Å². The maximum absolute atomic E-state index is 12.9. The third-order valence-corrected chi connectivity index (χ3v) is 5.86. The van der Waals surface area contributed by atoms with Gasteiger partial charge in [0.2, 0.25) is 11.8 Å². The summed E-state index contributed by atoms with van der Waals surface area (Å²) in [7, 11) is 0. The lowest BCUT2D eigenvalue weighted by Gasteiger charge is -2.23. The SMILES string of the molecule is O=C(Nc1ccccc1N1CCc2ccccc21)[C@@H]1CC(=O)N(C2CC2)C1. The summed E-state index contributed by atoms with van der Waals surface area (Å²) < 4.78 is 0. The van der Waals surface area contributed by atoms with Crippen LogP contribution in [0.1, 0.15) is 24.8 Å². The zero-order valence-corrected chi connectivity index (χ0v) is 15.2. The quantitative estimate of drug-likeness (QED) is 0.909. The highest BCUT2D eigenvalue weighted by Gasteiger charge is 2.41. The van der Waals surface area contributed by atoms with Crippen LogP contribution in [0.25, 0.3) is 0 Å². The summed E-state index contributed by atoms with van der Waals surface area (Å²) in [6.07, 6.45) is 3.50. The number of benzene rings is 2. The molecule has 2 heterocycles. The van der Waals surface area contributed by atoms with E-state index in [-0.39, 0.29) is 17.7 Å². The highest BCUT2D eigenvalue weighted by Crippen LogP contribution is 2.39. The summed E-state index contributed by atoms with van der Waals surface area (Å²) in [6, 6.07) is 16.7. The van der Waals surface area contributed by atoms with Crippen LogP contribution in [0.4, 0.5) is 17.1 Å². The molecule has 1 atom stereocenters. The third-order valence-electron chi connectivity index (χ3n) is 5.86. The molecule has 2 aromatic carbocycles. The van der Waals surface area contributed by atoms with Crippen LogP contribution in [0.3, 0.4) is 0 Å². The number of hydrogen-bond acceptors (Lipinski definition) is 3. The minimum Gasteiger partial charge on any atom is -0.339 e. The standard InChI is InChI=1S/C22H23N3O2/c26-21-13-16(14-25(21)17-9-10-17)22(27)23-18-6-2-4-8-20(18)24-12-11-15-5-1-3-7-19(15)24/h1-8,16-17H,9-14H2,(H,23,27)/t16-/m1/s1. The first-order valence-electron chi connectivity index (χ1n) is 9.75. The summed E-state index contributed by atoms with van der Waals surface area (Å²) in [6.45, 7) is 1.47. The van der Waals surface area contributed by atoms with E-state index in [9.17, 15) is 9.59 Å². The van der Waals surface area contributed by atoms with E-state index in [1.165, 1.54) is 11.3 Å². The largest absolute Gasteiger partial charge is 0.339 e. The highest BCUT2D eigenvalue weighted by atomic mass is 16.2. The average molecular weight is 361 g/mol. The van der Waals surface area contributed by atoms with Crippen molar-refractivity contribution in [3.05, 3.63) is 54.1 Å². The molecular weight excluding hydrogens is 338 g/mol. The van der Waals surface area contributed by atoms with Crippen LogP contribution in [-0.2, 0) is 16.0 Å². The first-order chi connectivity index (χ1) is 13.2. The predicted molar refractivity (Wildman–Crippen MR) is 105 cm³/mol. The van der Waals surface area contributed by atoms with Gasteiger partial charge in [-0.2, -0.15) is 0 Å². The summed E-state index contributed by atoms with van der Waals surface area (Å²) >= 11 is 0. The number of carbonyl (C=O) groups is 2. The van der Waals surface area contributed by atoms with Crippen molar-refractivity contribution in [2.45, 2.75) is 31.7 Å². The van der Waals surface area contributed by atoms with E-state index >= 15 is 0 Å². The van der Waals surface area contributed by atoms with Crippen molar-refractivity contribution in [1.29, 1.82) is 0 Å². The lowest BCUT2D eigenvalue weighted by molar-refractivity contribution is -0.128. The number of para-hydroxylation sites is 3. The molecule has 1 N–H and O–H groups in total. The first kappa shape index (κ1) is 16.4. The molecule has 2 aliphatic heterocycles. The Morgan fingerprint density at radius 1 is 1.00 bits per heavy atom. The molecule has 5 heteroatoms. The molecule has 2 aromatic rings. The Bertz CT molecular complexity index is 906. The third kappa shape index (κ3) is 2.97. The van der Waals surface area contributed by atoms with Gasteiger partial charge < -0.3 is 15.1 Å². The molecule has 5 nitrogen and oxygen atoms in total. The smallest absolute Gasteiger partial charge is 0.229 e. The molecule has 1 saturated heterocycles. The predicted octanol–water partition coefficient (Wildman–Crippen LogP) is 3.33. The van der Waals surface area contributed by atoms with Crippen LogP contribution >= 0.6 is 0 Å². The fraction of sp³-hybridized carbons (Fsp3) is 0.364. The number of rotatable bonds is 4.